The predicted octanol–water partition coefficient (Wildman–Crippen LogP) is 6.22. The molecule has 3 aromatic rings. The Balaban J connectivity index is 1.74. The van der Waals surface area contributed by atoms with E-state index < -0.39 is 0 Å². The van der Waals surface area contributed by atoms with E-state index in [9.17, 15) is 0 Å². The maximum absolute atomic E-state index is 6.11. The van der Waals surface area contributed by atoms with Crippen LogP contribution in [0.3, 0.4) is 0 Å². The minimum atomic E-state index is -0.208. The van der Waals surface area contributed by atoms with Crippen molar-refractivity contribution in [2.24, 2.45) is 0 Å². The molecule has 0 bridgehead atoms. The van der Waals surface area contributed by atoms with Crippen LogP contribution in [0.5, 0.6) is 5.75 Å². The number of nitrogens with zero attached hydrogens (tertiary/aromatic N) is 3. The van der Waals surface area contributed by atoms with Crippen molar-refractivity contribution in [2.75, 3.05) is 0 Å². The van der Waals surface area contributed by atoms with Crippen molar-refractivity contribution in [2.45, 2.75) is 43.8 Å². The van der Waals surface area contributed by atoms with E-state index in [2.05, 4.69) is 68.5 Å². The molecule has 0 saturated heterocycles. The molecule has 0 aliphatic rings. The van der Waals surface area contributed by atoms with Gasteiger partial charge in [-0.2, -0.15) is 0 Å². The van der Waals surface area contributed by atoms with Crippen LogP contribution < -0.4 is 4.74 Å². The molecule has 146 valence electrons. The zero-order chi connectivity index (χ0) is 19.9. The van der Waals surface area contributed by atoms with E-state index in [0.29, 0.717) is 6.54 Å². The largest absolute Gasteiger partial charge is 0.483 e. The topological polar surface area (TPSA) is 39.9 Å². The van der Waals surface area contributed by atoms with Crippen LogP contribution in [-0.4, -0.2) is 14.8 Å². The molecule has 0 N–H and O–H groups in total. The summed E-state index contributed by atoms with van der Waals surface area (Å²) in [5.41, 5.74) is 2.52. The van der Waals surface area contributed by atoms with Crippen LogP contribution in [-0.2, 0) is 18.7 Å². The molecule has 3 rings (SSSR count). The predicted molar refractivity (Wildman–Crippen MR) is 119 cm³/mol. The van der Waals surface area contributed by atoms with E-state index in [0.717, 1.165) is 33.4 Å². The molecule has 2 aromatic carbocycles. The van der Waals surface area contributed by atoms with Crippen molar-refractivity contribution in [1.29, 1.82) is 0 Å². The lowest BCUT2D eigenvalue weighted by atomic mass is 10.2. The Hall–Kier alpha value is -2.05. The zero-order valence-electron chi connectivity index (χ0n) is 16.1. The molecule has 0 spiro atoms. The van der Waals surface area contributed by atoms with Crippen LogP contribution in [0, 0.1) is 0 Å². The number of allylic oxidation sites excluding steroid dienone is 1. The molecule has 1 atom stereocenters. The van der Waals surface area contributed by atoms with Crippen LogP contribution in [0.1, 0.15) is 36.9 Å². The standard InChI is InChI=1S/C22H24BrN3OS/c1-4-13-26-21(16(3)27-20-11-9-17(5-2)10-12-20)24-25-22(26)28-15-18-7-6-8-19(23)14-18/h4,6-12,14,16H,1,5,13,15H2,2-3H3. The first-order valence-corrected chi connectivity index (χ1v) is 11.1. The first kappa shape index (κ1) is 20.7. The van der Waals surface area contributed by atoms with Gasteiger partial charge in [0.2, 0.25) is 0 Å². The Bertz CT molecular complexity index is 924. The lowest BCUT2D eigenvalue weighted by Crippen LogP contribution is -2.12. The number of hydrogen-bond acceptors (Lipinski definition) is 4. The third kappa shape index (κ3) is 5.26. The monoisotopic (exact) mass is 457 g/mol. The minimum Gasteiger partial charge on any atom is -0.483 e. The second-order valence-corrected chi connectivity index (χ2v) is 8.27. The van der Waals surface area contributed by atoms with Gasteiger partial charge in [0.05, 0.1) is 0 Å². The highest BCUT2D eigenvalue weighted by atomic mass is 79.9. The first-order chi connectivity index (χ1) is 13.6. The molecular formula is C22H24BrN3OS. The fourth-order valence-electron chi connectivity index (χ4n) is 2.84. The van der Waals surface area contributed by atoms with Crippen molar-refractivity contribution in [1.82, 2.24) is 14.8 Å². The van der Waals surface area contributed by atoms with Gasteiger partial charge in [-0.3, -0.25) is 4.57 Å². The first-order valence-electron chi connectivity index (χ1n) is 9.27. The van der Waals surface area contributed by atoms with Crippen molar-refractivity contribution < 1.29 is 4.74 Å². The van der Waals surface area contributed by atoms with Gasteiger partial charge in [-0.05, 0) is 48.7 Å². The third-order valence-electron chi connectivity index (χ3n) is 4.32. The Morgan fingerprint density at radius 3 is 2.64 bits per heavy atom. The number of aromatic nitrogens is 3. The zero-order valence-corrected chi connectivity index (χ0v) is 18.5. The van der Waals surface area contributed by atoms with Gasteiger partial charge >= 0.3 is 0 Å². The lowest BCUT2D eigenvalue weighted by molar-refractivity contribution is 0.210. The van der Waals surface area contributed by atoms with Crippen LogP contribution in [0.2, 0.25) is 0 Å². The number of benzene rings is 2. The van der Waals surface area contributed by atoms with Gasteiger partial charge in [0.1, 0.15) is 5.75 Å². The lowest BCUT2D eigenvalue weighted by Gasteiger charge is -2.16. The highest BCUT2D eigenvalue weighted by Gasteiger charge is 2.19. The molecule has 6 heteroatoms. The minimum absolute atomic E-state index is 0.208. The molecule has 1 heterocycles. The molecule has 0 aliphatic carbocycles. The fourth-order valence-corrected chi connectivity index (χ4v) is 4.19. The number of thioether (sulfide) groups is 1. The van der Waals surface area contributed by atoms with Gasteiger partial charge in [-0.1, -0.05) is 65.0 Å². The maximum Gasteiger partial charge on any atom is 0.191 e. The fraction of sp³-hybridized carbons (Fsp3) is 0.273. The van der Waals surface area contributed by atoms with Crippen LogP contribution in [0.15, 0.2) is 70.8 Å². The van der Waals surface area contributed by atoms with Crippen LogP contribution >= 0.6 is 27.7 Å². The average molecular weight is 458 g/mol. The molecule has 0 fully saturated rings. The summed E-state index contributed by atoms with van der Waals surface area (Å²) in [6, 6.07) is 16.5. The van der Waals surface area contributed by atoms with Crippen molar-refractivity contribution in [3.05, 3.63) is 82.6 Å². The normalized spacial score (nSPS) is 12.0. The van der Waals surface area contributed by atoms with Crippen molar-refractivity contribution >= 4 is 27.7 Å². The molecule has 0 radical (unpaired) electrons. The Kier molecular flexibility index (Phi) is 7.34. The summed E-state index contributed by atoms with van der Waals surface area (Å²) in [5, 5.41) is 9.67. The summed E-state index contributed by atoms with van der Waals surface area (Å²) in [4.78, 5) is 0. The third-order valence-corrected chi connectivity index (χ3v) is 5.85. The number of halogens is 1. The molecule has 1 unspecified atom stereocenters. The summed E-state index contributed by atoms with van der Waals surface area (Å²) in [5.74, 6) is 2.46. The molecule has 1 aromatic heterocycles. The van der Waals surface area contributed by atoms with Crippen molar-refractivity contribution in [3.8, 4) is 5.75 Å². The van der Waals surface area contributed by atoms with E-state index in [4.69, 9.17) is 4.74 Å². The molecule has 4 nitrogen and oxygen atoms in total. The van der Waals surface area contributed by atoms with E-state index in [1.165, 1.54) is 11.1 Å². The van der Waals surface area contributed by atoms with Gasteiger partial charge in [-0.15, -0.1) is 16.8 Å². The smallest absolute Gasteiger partial charge is 0.191 e. The van der Waals surface area contributed by atoms with E-state index in [-0.39, 0.29) is 6.10 Å². The molecular weight excluding hydrogens is 434 g/mol. The summed E-state index contributed by atoms with van der Waals surface area (Å²) in [7, 11) is 0. The van der Waals surface area contributed by atoms with E-state index >= 15 is 0 Å². The SMILES string of the molecule is C=CCn1c(SCc2cccc(Br)c2)nnc1C(C)Oc1ccc(CC)cc1. The Morgan fingerprint density at radius 1 is 1.18 bits per heavy atom. The highest BCUT2D eigenvalue weighted by Crippen LogP contribution is 2.27. The molecule has 0 saturated carbocycles. The van der Waals surface area contributed by atoms with Gasteiger partial charge in [0.25, 0.3) is 0 Å². The molecule has 0 amide bonds. The van der Waals surface area contributed by atoms with Gasteiger partial charge in [-0.25, -0.2) is 0 Å². The van der Waals surface area contributed by atoms with Gasteiger partial charge < -0.3 is 4.74 Å². The maximum atomic E-state index is 6.11. The van der Waals surface area contributed by atoms with Crippen molar-refractivity contribution in [3.63, 3.8) is 0 Å². The van der Waals surface area contributed by atoms with Gasteiger partial charge in [0.15, 0.2) is 17.1 Å². The number of hydrogen-bond donors (Lipinski definition) is 0. The van der Waals surface area contributed by atoms with Crippen LogP contribution in [0.4, 0.5) is 0 Å². The second kappa shape index (κ2) is 9.94. The highest BCUT2D eigenvalue weighted by molar-refractivity contribution is 9.10. The Morgan fingerprint density at radius 2 is 1.96 bits per heavy atom. The Labute approximate surface area is 179 Å². The molecule has 28 heavy (non-hydrogen) atoms. The quantitative estimate of drug-likeness (QED) is 0.282. The van der Waals surface area contributed by atoms with Crippen LogP contribution in [0.25, 0.3) is 0 Å². The number of ether oxygens (including phenoxy) is 1. The summed E-state index contributed by atoms with van der Waals surface area (Å²) in [6.07, 6.45) is 2.67. The summed E-state index contributed by atoms with van der Waals surface area (Å²) in [6.45, 7) is 8.66. The summed E-state index contributed by atoms with van der Waals surface area (Å²) < 4.78 is 9.25. The van der Waals surface area contributed by atoms with E-state index in [1.54, 1.807) is 11.8 Å². The number of rotatable bonds is 9. The average Bonchev–Trinajstić information content (AvgIpc) is 3.10. The summed E-state index contributed by atoms with van der Waals surface area (Å²) >= 11 is 5.18. The van der Waals surface area contributed by atoms with Gasteiger partial charge in [0, 0.05) is 16.8 Å². The van der Waals surface area contributed by atoms with E-state index in [1.807, 2.05) is 37.3 Å². The molecule has 0 aliphatic heterocycles. The second-order valence-electron chi connectivity index (χ2n) is 6.42. The number of aryl methyl sites for hydroxylation is 1.